The van der Waals surface area contributed by atoms with Crippen LogP contribution < -0.4 is 0 Å². The molecule has 1 rings (SSSR count). The Balaban J connectivity index is 2.79. The van der Waals surface area contributed by atoms with E-state index in [1.165, 1.54) is 0 Å². The van der Waals surface area contributed by atoms with Gasteiger partial charge < -0.3 is 9.26 Å². The smallest absolute Gasteiger partial charge is 0.317 e. The van der Waals surface area contributed by atoms with Gasteiger partial charge in [0.05, 0.1) is 12.3 Å². The van der Waals surface area contributed by atoms with Crippen LogP contribution in [0.3, 0.4) is 0 Å². The minimum atomic E-state index is -0.354. The van der Waals surface area contributed by atoms with E-state index >= 15 is 0 Å². The third-order valence-electron chi connectivity index (χ3n) is 2.88. The highest BCUT2D eigenvalue weighted by molar-refractivity contribution is 5.77. The third-order valence-corrected chi connectivity index (χ3v) is 2.88. The van der Waals surface area contributed by atoms with E-state index in [0.717, 1.165) is 25.0 Å². The Bertz CT molecular complexity index is 371. The monoisotopic (exact) mass is 253 g/mol. The maximum atomic E-state index is 11.9. The predicted octanol–water partition coefficient (Wildman–Crippen LogP) is 3.32. The first-order chi connectivity index (χ1) is 8.60. The summed E-state index contributed by atoms with van der Waals surface area (Å²) in [4.78, 5) is 11.9. The molecule has 0 aliphatic carbocycles. The summed E-state index contributed by atoms with van der Waals surface area (Å²) in [5.41, 5.74) is 0.918. The van der Waals surface area contributed by atoms with E-state index in [4.69, 9.17) is 9.26 Å². The minimum absolute atomic E-state index is 0.135. The summed E-state index contributed by atoms with van der Waals surface area (Å²) in [7, 11) is 0. The van der Waals surface area contributed by atoms with Gasteiger partial charge in [0.15, 0.2) is 5.76 Å². The topological polar surface area (TPSA) is 52.3 Å². The quantitative estimate of drug-likeness (QED) is 0.699. The van der Waals surface area contributed by atoms with Crippen molar-refractivity contribution in [3.8, 4) is 0 Å². The van der Waals surface area contributed by atoms with Crippen LogP contribution in [0, 0.1) is 5.92 Å². The fourth-order valence-electron chi connectivity index (χ4n) is 1.90. The summed E-state index contributed by atoms with van der Waals surface area (Å²) in [6.45, 7) is 8.30. The van der Waals surface area contributed by atoms with Crippen molar-refractivity contribution >= 4 is 5.97 Å². The van der Waals surface area contributed by atoms with E-state index in [0.29, 0.717) is 12.4 Å². The molecule has 0 fully saturated rings. The molecule has 4 heteroatoms. The van der Waals surface area contributed by atoms with Gasteiger partial charge >= 0.3 is 5.97 Å². The second-order valence-corrected chi connectivity index (χ2v) is 4.80. The lowest BCUT2D eigenvalue weighted by atomic mass is 9.93. The van der Waals surface area contributed by atoms with Gasteiger partial charge in [-0.1, -0.05) is 32.3 Å². The highest BCUT2D eigenvalue weighted by Crippen LogP contribution is 2.27. The van der Waals surface area contributed by atoms with Crippen LogP contribution in [0.5, 0.6) is 0 Å². The Morgan fingerprint density at radius 2 is 2.17 bits per heavy atom. The molecular formula is C14H23NO3. The van der Waals surface area contributed by atoms with Crippen LogP contribution >= 0.6 is 0 Å². The molecule has 0 N–H and O–H groups in total. The van der Waals surface area contributed by atoms with Crippen molar-refractivity contribution < 1.29 is 14.1 Å². The van der Waals surface area contributed by atoms with Crippen molar-refractivity contribution in [3.63, 3.8) is 0 Å². The summed E-state index contributed by atoms with van der Waals surface area (Å²) >= 11 is 0. The number of aryl methyl sites for hydroxylation is 1. The van der Waals surface area contributed by atoms with Crippen LogP contribution in [0.1, 0.15) is 57.9 Å². The average Bonchev–Trinajstić information content (AvgIpc) is 2.75. The number of nitrogens with zero attached hydrogens (tertiary/aromatic N) is 1. The summed E-state index contributed by atoms with van der Waals surface area (Å²) in [5.74, 6) is 0.170. The summed E-state index contributed by atoms with van der Waals surface area (Å²) in [5, 5.41) is 4.02. The molecule has 0 bridgehead atoms. The second-order valence-electron chi connectivity index (χ2n) is 4.80. The van der Waals surface area contributed by atoms with Crippen molar-refractivity contribution in [2.75, 3.05) is 6.61 Å². The molecule has 0 aliphatic heterocycles. The highest BCUT2D eigenvalue weighted by atomic mass is 16.5. The molecule has 1 unspecified atom stereocenters. The molecular weight excluding hydrogens is 230 g/mol. The van der Waals surface area contributed by atoms with E-state index in [9.17, 15) is 4.79 Å². The largest absolute Gasteiger partial charge is 0.465 e. The molecule has 0 aromatic carbocycles. The summed E-state index contributed by atoms with van der Waals surface area (Å²) < 4.78 is 10.4. The Morgan fingerprint density at radius 3 is 2.72 bits per heavy atom. The van der Waals surface area contributed by atoms with Gasteiger partial charge in [-0.25, -0.2) is 0 Å². The van der Waals surface area contributed by atoms with E-state index in [2.05, 4.69) is 12.1 Å². The lowest BCUT2D eigenvalue weighted by Crippen LogP contribution is -2.20. The van der Waals surface area contributed by atoms with Crippen molar-refractivity contribution in [1.29, 1.82) is 0 Å². The fraction of sp³-hybridized carbons (Fsp3) is 0.714. The lowest BCUT2D eigenvalue weighted by molar-refractivity contribution is -0.146. The van der Waals surface area contributed by atoms with Crippen molar-refractivity contribution in [2.24, 2.45) is 5.92 Å². The molecule has 1 heterocycles. The maximum Gasteiger partial charge on any atom is 0.317 e. The van der Waals surface area contributed by atoms with E-state index in [1.54, 1.807) is 0 Å². The molecule has 1 atom stereocenters. The van der Waals surface area contributed by atoms with Crippen LogP contribution in [-0.2, 0) is 16.0 Å². The van der Waals surface area contributed by atoms with Crippen molar-refractivity contribution in [3.05, 3.63) is 17.5 Å². The number of ether oxygens (including phenoxy) is 1. The molecule has 0 radical (unpaired) electrons. The lowest BCUT2D eigenvalue weighted by Gasteiger charge is -2.15. The normalized spacial score (nSPS) is 12.7. The van der Waals surface area contributed by atoms with Crippen molar-refractivity contribution in [2.45, 2.75) is 52.9 Å². The number of rotatable bonds is 7. The van der Waals surface area contributed by atoms with Gasteiger partial charge in [-0.3, -0.25) is 4.79 Å². The molecule has 0 aliphatic rings. The van der Waals surface area contributed by atoms with E-state index in [1.807, 2.05) is 26.8 Å². The second kappa shape index (κ2) is 7.19. The summed E-state index contributed by atoms with van der Waals surface area (Å²) in [6, 6.07) is 1.89. The van der Waals surface area contributed by atoms with Crippen LogP contribution in [0.4, 0.5) is 0 Å². The molecule has 4 nitrogen and oxygen atoms in total. The Morgan fingerprint density at radius 1 is 1.44 bits per heavy atom. The first kappa shape index (κ1) is 14.7. The molecule has 0 saturated carbocycles. The molecule has 0 spiro atoms. The predicted molar refractivity (Wildman–Crippen MR) is 69.3 cm³/mol. The van der Waals surface area contributed by atoms with Gasteiger partial charge in [0.25, 0.3) is 0 Å². The number of unbranched alkanes of at least 4 members (excludes halogenated alkanes) is 1. The molecule has 102 valence electrons. The van der Waals surface area contributed by atoms with Crippen molar-refractivity contribution in [1.82, 2.24) is 5.16 Å². The van der Waals surface area contributed by atoms with Gasteiger partial charge in [0, 0.05) is 6.07 Å². The van der Waals surface area contributed by atoms with E-state index < -0.39 is 0 Å². The third kappa shape index (κ3) is 3.86. The number of esters is 1. The zero-order chi connectivity index (χ0) is 13.5. The minimum Gasteiger partial charge on any atom is -0.465 e. The standard InChI is InChI=1S/C14H23NO3/c1-5-7-8-11-9-12(18-15-11)13(10(3)4)14(16)17-6-2/h9-10,13H,5-8H2,1-4H3. The van der Waals surface area contributed by atoms with Crippen LogP contribution in [0.15, 0.2) is 10.6 Å². The highest BCUT2D eigenvalue weighted by Gasteiger charge is 2.29. The number of carbonyl (C=O) groups is 1. The number of aromatic nitrogens is 1. The molecule has 18 heavy (non-hydrogen) atoms. The van der Waals surface area contributed by atoms with Gasteiger partial charge in [0.1, 0.15) is 5.92 Å². The van der Waals surface area contributed by atoms with Crippen LogP contribution in [0.2, 0.25) is 0 Å². The Labute approximate surface area is 109 Å². The molecule has 1 aromatic heterocycles. The first-order valence-electron chi connectivity index (χ1n) is 6.72. The number of carbonyl (C=O) groups excluding carboxylic acids is 1. The van der Waals surface area contributed by atoms with Gasteiger partial charge in [-0.05, 0) is 25.7 Å². The average molecular weight is 253 g/mol. The Hall–Kier alpha value is -1.32. The van der Waals surface area contributed by atoms with Gasteiger partial charge in [-0.15, -0.1) is 0 Å². The number of hydrogen-bond acceptors (Lipinski definition) is 4. The maximum absolute atomic E-state index is 11.9. The number of hydrogen-bond donors (Lipinski definition) is 0. The SMILES string of the molecule is CCCCc1cc(C(C(=O)OCC)C(C)C)on1. The fourth-order valence-corrected chi connectivity index (χ4v) is 1.90. The zero-order valence-corrected chi connectivity index (χ0v) is 11.7. The van der Waals surface area contributed by atoms with Crippen LogP contribution in [0.25, 0.3) is 0 Å². The van der Waals surface area contributed by atoms with Crippen LogP contribution in [-0.4, -0.2) is 17.7 Å². The molecule has 0 amide bonds. The zero-order valence-electron chi connectivity index (χ0n) is 11.7. The first-order valence-corrected chi connectivity index (χ1v) is 6.72. The van der Waals surface area contributed by atoms with E-state index in [-0.39, 0.29) is 17.8 Å². The summed E-state index contributed by atoms with van der Waals surface area (Å²) in [6.07, 6.45) is 3.10. The molecule has 1 aromatic rings. The van der Waals surface area contributed by atoms with Gasteiger partial charge in [-0.2, -0.15) is 0 Å². The van der Waals surface area contributed by atoms with Gasteiger partial charge in [0.2, 0.25) is 0 Å². The Kier molecular flexibility index (Phi) is 5.89. The molecule has 0 saturated heterocycles.